The van der Waals surface area contributed by atoms with Gasteiger partial charge in [0.1, 0.15) is 11.6 Å². The first-order valence-corrected chi connectivity index (χ1v) is 8.15. The Kier molecular flexibility index (Phi) is 5.20. The van der Waals surface area contributed by atoms with Gasteiger partial charge in [0.25, 0.3) is 0 Å². The summed E-state index contributed by atoms with van der Waals surface area (Å²) in [6, 6.07) is 0.656. The molecule has 0 spiro atoms. The van der Waals surface area contributed by atoms with Crippen LogP contribution in [-0.2, 0) is 0 Å². The molecule has 1 saturated heterocycles. The first-order valence-electron chi connectivity index (χ1n) is 8.15. The predicted molar refractivity (Wildman–Crippen MR) is 88.9 cm³/mol. The second-order valence-corrected chi connectivity index (χ2v) is 6.78. The van der Waals surface area contributed by atoms with E-state index in [0.29, 0.717) is 6.04 Å². The third-order valence-electron chi connectivity index (χ3n) is 4.65. The van der Waals surface area contributed by atoms with E-state index in [1.54, 1.807) is 0 Å². The zero-order chi connectivity index (χ0) is 15.6. The van der Waals surface area contributed by atoms with Crippen LogP contribution in [-0.4, -0.2) is 47.6 Å². The zero-order valence-corrected chi connectivity index (χ0v) is 14.5. The molecule has 0 unspecified atom stereocenters. The molecule has 0 radical (unpaired) electrons. The molecule has 1 aliphatic rings. The first kappa shape index (κ1) is 16.2. The van der Waals surface area contributed by atoms with E-state index in [-0.39, 0.29) is 0 Å². The number of aromatic nitrogens is 2. The van der Waals surface area contributed by atoms with E-state index < -0.39 is 0 Å². The second-order valence-electron chi connectivity index (χ2n) is 6.78. The van der Waals surface area contributed by atoms with Crippen LogP contribution in [0.1, 0.15) is 43.8 Å². The van der Waals surface area contributed by atoms with E-state index in [1.807, 2.05) is 6.92 Å². The molecule has 4 nitrogen and oxygen atoms in total. The fraction of sp³-hybridized carbons (Fsp3) is 0.765. The maximum atomic E-state index is 4.65. The average molecular weight is 290 g/mol. The van der Waals surface area contributed by atoms with Crippen molar-refractivity contribution in [1.82, 2.24) is 14.9 Å². The lowest BCUT2D eigenvalue weighted by Crippen LogP contribution is -2.43. The lowest BCUT2D eigenvalue weighted by molar-refractivity contribution is 0.142. The van der Waals surface area contributed by atoms with E-state index in [0.717, 1.165) is 29.8 Å². The molecule has 0 amide bonds. The zero-order valence-electron chi connectivity index (χ0n) is 14.5. The molecule has 1 fully saturated rings. The summed E-state index contributed by atoms with van der Waals surface area (Å²) in [6.45, 7) is 14.3. The average Bonchev–Trinajstić information content (AvgIpc) is 2.43. The summed E-state index contributed by atoms with van der Waals surface area (Å²) >= 11 is 0. The smallest absolute Gasteiger partial charge is 0.135 e. The highest BCUT2D eigenvalue weighted by Gasteiger charge is 2.23. The third-order valence-corrected chi connectivity index (χ3v) is 4.65. The number of likely N-dealkylation sites (tertiary alicyclic amines) is 1. The van der Waals surface area contributed by atoms with Gasteiger partial charge >= 0.3 is 0 Å². The minimum absolute atomic E-state index is 0.656. The molecular weight excluding hydrogens is 260 g/mol. The van der Waals surface area contributed by atoms with Gasteiger partial charge in [-0.15, -0.1) is 0 Å². The molecule has 1 aromatic rings. The minimum atomic E-state index is 0.656. The number of hydrogen-bond donors (Lipinski definition) is 0. The first-order chi connectivity index (χ1) is 9.88. The van der Waals surface area contributed by atoms with Gasteiger partial charge in [0, 0.05) is 37.4 Å². The van der Waals surface area contributed by atoms with E-state index >= 15 is 0 Å². The molecule has 0 aromatic carbocycles. The van der Waals surface area contributed by atoms with Crippen molar-refractivity contribution in [3.8, 4) is 0 Å². The Hall–Kier alpha value is -1.16. The van der Waals surface area contributed by atoms with Crippen LogP contribution >= 0.6 is 0 Å². The Morgan fingerprint density at radius 2 is 1.95 bits per heavy atom. The maximum Gasteiger partial charge on any atom is 0.135 e. The summed E-state index contributed by atoms with van der Waals surface area (Å²) in [5, 5.41) is 0. The van der Waals surface area contributed by atoms with Crippen molar-refractivity contribution in [2.75, 3.05) is 31.6 Å². The molecule has 0 bridgehead atoms. The van der Waals surface area contributed by atoms with Crippen molar-refractivity contribution in [2.24, 2.45) is 5.92 Å². The van der Waals surface area contributed by atoms with Crippen LogP contribution in [0.2, 0.25) is 0 Å². The van der Waals surface area contributed by atoms with Crippen molar-refractivity contribution in [3.63, 3.8) is 0 Å². The Balaban J connectivity index is 2.06. The molecule has 1 aromatic heterocycles. The number of rotatable bonds is 4. The van der Waals surface area contributed by atoms with Crippen LogP contribution < -0.4 is 4.90 Å². The Morgan fingerprint density at radius 3 is 2.62 bits per heavy atom. The normalized spacial score (nSPS) is 20.0. The van der Waals surface area contributed by atoms with Gasteiger partial charge in [-0.3, -0.25) is 0 Å². The molecule has 21 heavy (non-hydrogen) atoms. The number of aryl methyl sites for hydroxylation is 2. The molecule has 0 saturated carbocycles. The standard InChI is InChI=1S/C17H30N4/c1-12(2)21-9-7-8-16(11-21)10-20(6)17-13(3)14(4)18-15(5)19-17/h12,16H,7-11H2,1-6H3/t16-/m1/s1. The van der Waals surface area contributed by atoms with E-state index in [2.05, 4.69) is 54.5 Å². The molecule has 118 valence electrons. The molecule has 0 N–H and O–H groups in total. The number of hydrogen-bond acceptors (Lipinski definition) is 4. The van der Waals surface area contributed by atoms with Crippen molar-refractivity contribution in [2.45, 2.75) is 53.5 Å². The van der Waals surface area contributed by atoms with Gasteiger partial charge in [-0.25, -0.2) is 9.97 Å². The summed E-state index contributed by atoms with van der Waals surface area (Å²) < 4.78 is 0. The molecule has 1 atom stereocenters. The molecule has 2 rings (SSSR count). The largest absolute Gasteiger partial charge is 0.359 e. The summed E-state index contributed by atoms with van der Waals surface area (Å²) in [6.07, 6.45) is 2.65. The highest BCUT2D eigenvalue weighted by molar-refractivity contribution is 5.47. The van der Waals surface area contributed by atoms with Crippen LogP contribution in [0.3, 0.4) is 0 Å². The van der Waals surface area contributed by atoms with Crippen LogP contribution in [0.4, 0.5) is 5.82 Å². The van der Waals surface area contributed by atoms with Crippen molar-refractivity contribution >= 4 is 5.82 Å². The molecule has 4 heteroatoms. The summed E-state index contributed by atoms with van der Waals surface area (Å²) in [5.74, 6) is 2.70. The van der Waals surface area contributed by atoms with Crippen LogP contribution in [0.5, 0.6) is 0 Å². The quantitative estimate of drug-likeness (QED) is 0.853. The maximum absolute atomic E-state index is 4.65. The van der Waals surface area contributed by atoms with Crippen LogP contribution in [0.25, 0.3) is 0 Å². The van der Waals surface area contributed by atoms with Crippen molar-refractivity contribution in [3.05, 3.63) is 17.1 Å². The highest BCUT2D eigenvalue weighted by Crippen LogP contribution is 2.23. The van der Waals surface area contributed by atoms with E-state index in [1.165, 1.54) is 31.5 Å². The van der Waals surface area contributed by atoms with Crippen molar-refractivity contribution < 1.29 is 0 Å². The van der Waals surface area contributed by atoms with Crippen LogP contribution in [0.15, 0.2) is 0 Å². The number of nitrogens with zero attached hydrogens (tertiary/aromatic N) is 4. The highest BCUT2D eigenvalue weighted by atomic mass is 15.2. The Labute approximate surface area is 129 Å². The lowest BCUT2D eigenvalue weighted by Gasteiger charge is -2.37. The monoisotopic (exact) mass is 290 g/mol. The van der Waals surface area contributed by atoms with Crippen molar-refractivity contribution in [1.29, 1.82) is 0 Å². The number of piperidine rings is 1. The minimum Gasteiger partial charge on any atom is -0.359 e. The fourth-order valence-electron chi connectivity index (χ4n) is 3.31. The van der Waals surface area contributed by atoms with Gasteiger partial charge in [0.15, 0.2) is 0 Å². The summed E-state index contributed by atoms with van der Waals surface area (Å²) in [7, 11) is 2.17. The summed E-state index contributed by atoms with van der Waals surface area (Å²) in [4.78, 5) is 14.0. The molecule has 1 aliphatic heterocycles. The molecule has 2 heterocycles. The summed E-state index contributed by atoms with van der Waals surface area (Å²) in [5.41, 5.74) is 2.30. The third kappa shape index (κ3) is 3.94. The lowest BCUT2D eigenvalue weighted by atomic mass is 9.96. The van der Waals surface area contributed by atoms with E-state index in [9.17, 15) is 0 Å². The van der Waals surface area contributed by atoms with Gasteiger partial charge in [0.05, 0.1) is 0 Å². The topological polar surface area (TPSA) is 32.3 Å². The Bertz CT molecular complexity index is 484. The molecule has 0 aliphatic carbocycles. The van der Waals surface area contributed by atoms with E-state index in [4.69, 9.17) is 0 Å². The fourth-order valence-corrected chi connectivity index (χ4v) is 3.31. The Morgan fingerprint density at radius 1 is 1.24 bits per heavy atom. The van der Waals surface area contributed by atoms with Gasteiger partial charge in [-0.2, -0.15) is 0 Å². The predicted octanol–water partition coefficient (Wildman–Crippen LogP) is 2.96. The van der Waals surface area contributed by atoms with Gasteiger partial charge < -0.3 is 9.80 Å². The van der Waals surface area contributed by atoms with Crippen LogP contribution in [0, 0.1) is 26.7 Å². The number of anilines is 1. The van der Waals surface area contributed by atoms with Gasteiger partial charge in [-0.1, -0.05) is 0 Å². The molecular formula is C17H30N4. The second kappa shape index (κ2) is 6.73. The van der Waals surface area contributed by atoms with Gasteiger partial charge in [0.2, 0.25) is 0 Å². The SMILES string of the molecule is Cc1nc(C)c(C)c(N(C)C[C@H]2CCCN(C(C)C)C2)n1. The van der Waals surface area contributed by atoms with Gasteiger partial charge in [-0.05, 0) is 59.9 Å².